The molecule has 0 saturated heterocycles. The molecule has 1 aromatic carbocycles. The van der Waals surface area contributed by atoms with E-state index in [4.69, 9.17) is 0 Å². The Labute approximate surface area is 115 Å². The second-order valence-electron chi connectivity index (χ2n) is 6.31. The number of hydrogen-bond acceptors (Lipinski definition) is 2. The molecule has 0 radical (unpaired) electrons. The van der Waals surface area contributed by atoms with Gasteiger partial charge in [0, 0.05) is 11.2 Å². The maximum Gasteiger partial charge on any atom is 0.326 e. The number of aryl methyl sites for hydroxylation is 1. The van der Waals surface area contributed by atoms with Gasteiger partial charge in [-0.05, 0) is 51.2 Å². The van der Waals surface area contributed by atoms with E-state index >= 15 is 0 Å². The van der Waals surface area contributed by atoms with Crippen LogP contribution >= 0.6 is 0 Å². The Morgan fingerprint density at radius 3 is 2.68 bits per heavy atom. The molecule has 0 unspecified atom stereocenters. The molecule has 0 aromatic heterocycles. The number of anilines is 1. The molecule has 1 N–H and O–H groups in total. The number of hydrogen-bond donors (Lipinski definition) is 1. The van der Waals surface area contributed by atoms with Crippen molar-refractivity contribution in [1.82, 2.24) is 0 Å². The molecule has 1 aliphatic heterocycles. The van der Waals surface area contributed by atoms with Gasteiger partial charge in [0.25, 0.3) is 0 Å². The summed E-state index contributed by atoms with van der Waals surface area (Å²) in [5.41, 5.74) is 3.40. The van der Waals surface area contributed by atoms with Crippen molar-refractivity contribution in [3.05, 3.63) is 29.3 Å². The minimum Gasteiger partial charge on any atom is -0.480 e. The van der Waals surface area contributed by atoms with Gasteiger partial charge in [-0.2, -0.15) is 0 Å². The normalized spacial score (nSPS) is 22.8. The molecule has 3 heteroatoms. The Morgan fingerprint density at radius 1 is 1.47 bits per heavy atom. The van der Waals surface area contributed by atoms with Gasteiger partial charge in [-0.1, -0.05) is 25.1 Å². The second-order valence-corrected chi connectivity index (χ2v) is 6.31. The fourth-order valence-corrected chi connectivity index (χ4v) is 3.50. The van der Waals surface area contributed by atoms with Crippen LogP contribution in [0.4, 0.5) is 5.69 Å². The van der Waals surface area contributed by atoms with Crippen LogP contribution < -0.4 is 4.90 Å². The standard InChI is InChI=1S/C16H23NO2/c1-10-7-6-8-13-11(2)9-16(4,5)17(14(10)13)12(3)15(18)19/h6-8,11-12H,9H2,1-5H3,(H,18,19)/t11-,12+/m1/s1. The van der Waals surface area contributed by atoms with Crippen molar-refractivity contribution in [2.24, 2.45) is 0 Å². The number of rotatable bonds is 2. The zero-order valence-corrected chi connectivity index (χ0v) is 12.4. The summed E-state index contributed by atoms with van der Waals surface area (Å²) in [6, 6.07) is 5.74. The van der Waals surface area contributed by atoms with Gasteiger partial charge in [0.15, 0.2) is 0 Å². The molecular weight excluding hydrogens is 238 g/mol. The number of carboxylic acid groups (broad SMARTS) is 1. The van der Waals surface area contributed by atoms with Crippen molar-refractivity contribution in [3.63, 3.8) is 0 Å². The Kier molecular flexibility index (Phi) is 3.33. The topological polar surface area (TPSA) is 40.5 Å². The summed E-state index contributed by atoms with van der Waals surface area (Å²) in [4.78, 5) is 13.5. The molecule has 0 spiro atoms. The molecule has 3 nitrogen and oxygen atoms in total. The van der Waals surface area contributed by atoms with Crippen LogP contribution in [0.15, 0.2) is 18.2 Å². The van der Waals surface area contributed by atoms with Gasteiger partial charge in [0.2, 0.25) is 0 Å². The average Bonchev–Trinajstić information content (AvgIpc) is 2.29. The van der Waals surface area contributed by atoms with E-state index in [9.17, 15) is 9.90 Å². The summed E-state index contributed by atoms with van der Waals surface area (Å²) < 4.78 is 0. The largest absolute Gasteiger partial charge is 0.480 e. The Morgan fingerprint density at radius 2 is 2.11 bits per heavy atom. The lowest BCUT2D eigenvalue weighted by atomic mass is 9.78. The maximum atomic E-state index is 11.4. The number of benzene rings is 1. The predicted molar refractivity (Wildman–Crippen MR) is 77.9 cm³/mol. The lowest BCUT2D eigenvalue weighted by molar-refractivity contribution is -0.138. The summed E-state index contributed by atoms with van der Waals surface area (Å²) in [5.74, 6) is -0.307. The lowest BCUT2D eigenvalue weighted by Gasteiger charge is -2.50. The molecule has 0 amide bonds. The molecule has 19 heavy (non-hydrogen) atoms. The van der Waals surface area contributed by atoms with Crippen LogP contribution in [-0.4, -0.2) is 22.7 Å². The summed E-state index contributed by atoms with van der Waals surface area (Å²) >= 11 is 0. The third-order valence-electron chi connectivity index (χ3n) is 4.24. The zero-order valence-electron chi connectivity index (χ0n) is 12.4. The number of fused-ring (bicyclic) bond motifs is 1. The summed E-state index contributed by atoms with van der Waals surface area (Å²) in [5, 5.41) is 9.41. The van der Waals surface area contributed by atoms with Gasteiger partial charge in [0.1, 0.15) is 6.04 Å². The SMILES string of the molecule is Cc1cccc2c1N([C@@H](C)C(=O)O)C(C)(C)C[C@H]2C. The highest BCUT2D eigenvalue weighted by atomic mass is 16.4. The van der Waals surface area contributed by atoms with E-state index in [-0.39, 0.29) is 5.54 Å². The second kappa shape index (κ2) is 4.55. The molecule has 0 aliphatic carbocycles. The molecule has 104 valence electrons. The first kappa shape index (κ1) is 13.9. The molecule has 1 heterocycles. The van der Waals surface area contributed by atoms with Crippen LogP contribution in [0.3, 0.4) is 0 Å². The van der Waals surface area contributed by atoms with Crippen LogP contribution in [0, 0.1) is 6.92 Å². The summed E-state index contributed by atoms with van der Waals surface area (Å²) in [6.07, 6.45) is 0.973. The first-order valence-corrected chi connectivity index (χ1v) is 6.87. The van der Waals surface area contributed by atoms with E-state index in [2.05, 4.69) is 50.8 Å². The molecule has 0 bridgehead atoms. The van der Waals surface area contributed by atoms with Crippen LogP contribution in [-0.2, 0) is 4.79 Å². The Hall–Kier alpha value is -1.51. The molecular formula is C16H23NO2. The third kappa shape index (κ3) is 2.22. The van der Waals surface area contributed by atoms with Crippen molar-refractivity contribution in [2.45, 2.75) is 58.5 Å². The summed E-state index contributed by atoms with van der Waals surface area (Å²) in [6.45, 7) is 10.3. The fraction of sp³-hybridized carbons (Fsp3) is 0.562. The summed E-state index contributed by atoms with van der Waals surface area (Å²) in [7, 11) is 0. The van der Waals surface area contributed by atoms with Crippen LogP contribution in [0.2, 0.25) is 0 Å². The first-order chi connectivity index (χ1) is 8.75. The highest BCUT2D eigenvalue weighted by molar-refractivity contribution is 5.80. The minimum atomic E-state index is -0.767. The Bertz CT molecular complexity index is 507. The van der Waals surface area contributed by atoms with E-state index in [1.54, 1.807) is 6.92 Å². The fourth-order valence-electron chi connectivity index (χ4n) is 3.50. The quantitative estimate of drug-likeness (QED) is 0.885. The van der Waals surface area contributed by atoms with Gasteiger partial charge in [-0.25, -0.2) is 4.79 Å². The number of para-hydroxylation sites is 1. The van der Waals surface area contributed by atoms with Crippen LogP contribution in [0.1, 0.15) is 51.2 Å². The van der Waals surface area contributed by atoms with E-state index in [1.165, 1.54) is 5.56 Å². The van der Waals surface area contributed by atoms with E-state index in [0.29, 0.717) is 5.92 Å². The average molecular weight is 261 g/mol. The minimum absolute atomic E-state index is 0.143. The zero-order chi connectivity index (χ0) is 14.4. The van der Waals surface area contributed by atoms with Gasteiger partial charge < -0.3 is 10.0 Å². The lowest BCUT2D eigenvalue weighted by Crippen LogP contribution is -2.55. The molecule has 1 aromatic rings. The number of nitrogens with zero attached hydrogens (tertiary/aromatic N) is 1. The van der Waals surface area contributed by atoms with Crippen molar-refractivity contribution in [3.8, 4) is 0 Å². The number of carbonyl (C=O) groups is 1. The molecule has 0 fully saturated rings. The molecule has 0 saturated carbocycles. The maximum absolute atomic E-state index is 11.4. The van der Waals surface area contributed by atoms with Gasteiger partial charge >= 0.3 is 5.97 Å². The van der Waals surface area contributed by atoms with Gasteiger partial charge in [-0.15, -0.1) is 0 Å². The molecule has 2 rings (SSSR count). The number of aliphatic carboxylic acids is 1. The van der Waals surface area contributed by atoms with E-state index in [0.717, 1.165) is 17.7 Å². The first-order valence-electron chi connectivity index (χ1n) is 6.87. The molecule has 1 aliphatic rings. The highest BCUT2D eigenvalue weighted by Gasteiger charge is 2.41. The highest BCUT2D eigenvalue weighted by Crippen LogP contribution is 2.45. The van der Waals surface area contributed by atoms with Crippen LogP contribution in [0.25, 0.3) is 0 Å². The number of carboxylic acids is 1. The van der Waals surface area contributed by atoms with E-state index < -0.39 is 12.0 Å². The van der Waals surface area contributed by atoms with Gasteiger partial charge in [-0.3, -0.25) is 0 Å². The molecule has 2 atom stereocenters. The van der Waals surface area contributed by atoms with Crippen molar-refractivity contribution >= 4 is 11.7 Å². The van der Waals surface area contributed by atoms with Gasteiger partial charge in [0.05, 0.1) is 0 Å². The van der Waals surface area contributed by atoms with Crippen molar-refractivity contribution in [2.75, 3.05) is 4.90 Å². The monoisotopic (exact) mass is 261 g/mol. The Balaban J connectivity index is 2.64. The van der Waals surface area contributed by atoms with Crippen molar-refractivity contribution < 1.29 is 9.90 Å². The van der Waals surface area contributed by atoms with E-state index in [1.807, 2.05) is 0 Å². The predicted octanol–water partition coefficient (Wildman–Crippen LogP) is 3.56. The third-order valence-corrected chi connectivity index (χ3v) is 4.24. The van der Waals surface area contributed by atoms with Crippen LogP contribution in [0.5, 0.6) is 0 Å². The van der Waals surface area contributed by atoms with Crippen molar-refractivity contribution in [1.29, 1.82) is 0 Å². The smallest absolute Gasteiger partial charge is 0.326 e.